The number of guanidine groups is 1. The number of nitrogens with one attached hydrogen (secondary N) is 2. The smallest absolute Gasteiger partial charge is 0.243 e. The van der Waals surface area contributed by atoms with E-state index in [1.807, 2.05) is 18.2 Å². The van der Waals surface area contributed by atoms with Crippen molar-refractivity contribution < 1.29 is 9.53 Å². The normalized spacial score (nSPS) is 12.1. The molecule has 148 valence electrons. The van der Waals surface area contributed by atoms with Gasteiger partial charge >= 0.3 is 0 Å². The first kappa shape index (κ1) is 24.7. The zero-order valence-electron chi connectivity index (χ0n) is 16.3. The van der Waals surface area contributed by atoms with Gasteiger partial charge in [-0.1, -0.05) is 44.2 Å². The summed E-state index contributed by atoms with van der Waals surface area (Å²) in [5.41, 5.74) is 1.18. The first-order valence-corrected chi connectivity index (χ1v) is 8.87. The molecule has 0 aliphatic heterocycles. The summed E-state index contributed by atoms with van der Waals surface area (Å²) < 4.78 is 5.76. The molecule has 1 atom stereocenters. The number of carbonyl (C=O) groups is 1. The van der Waals surface area contributed by atoms with E-state index in [0.717, 1.165) is 19.5 Å². The van der Waals surface area contributed by atoms with Crippen LogP contribution in [-0.4, -0.2) is 57.1 Å². The van der Waals surface area contributed by atoms with Crippen LogP contribution in [0.4, 0.5) is 0 Å². The molecule has 0 bridgehead atoms. The van der Waals surface area contributed by atoms with E-state index in [9.17, 15) is 4.79 Å². The maximum atomic E-state index is 11.7. The van der Waals surface area contributed by atoms with Crippen molar-refractivity contribution in [2.45, 2.75) is 26.9 Å². The van der Waals surface area contributed by atoms with Gasteiger partial charge in [-0.2, -0.15) is 0 Å². The second kappa shape index (κ2) is 14.8. The molecule has 1 unspecified atom stereocenters. The highest BCUT2D eigenvalue weighted by Gasteiger charge is 2.07. The highest BCUT2D eigenvalue weighted by molar-refractivity contribution is 14.0. The van der Waals surface area contributed by atoms with Crippen molar-refractivity contribution in [3.8, 4) is 0 Å². The fourth-order valence-electron chi connectivity index (χ4n) is 1.99. The monoisotopic (exact) mass is 476 g/mol. The Kier molecular flexibility index (Phi) is 14.0. The molecule has 0 radical (unpaired) electrons. The number of amides is 1. The molecule has 0 saturated heterocycles. The third-order valence-corrected chi connectivity index (χ3v) is 3.55. The van der Waals surface area contributed by atoms with Crippen LogP contribution in [0.1, 0.15) is 25.8 Å². The van der Waals surface area contributed by atoms with Crippen LogP contribution in [-0.2, 0) is 16.1 Å². The largest absolute Gasteiger partial charge is 0.376 e. The van der Waals surface area contributed by atoms with Gasteiger partial charge in [-0.3, -0.25) is 4.79 Å². The summed E-state index contributed by atoms with van der Waals surface area (Å²) in [6, 6.07) is 10.1. The van der Waals surface area contributed by atoms with Crippen LogP contribution in [0.25, 0.3) is 0 Å². The van der Waals surface area contributed by atoms with Crippen LogP contribution in [0.15, 0.2) is 35.3 Å². The number of hydrogen-bond donors (Lipinski definition) is 2. The zero-order valence-corrected chi connectivity index (χ0v) is 18.7. The Balaban J connectivity index is 0.00000625. The Labute approximate surface area is 174 Å². The molecule has 0 saturated carbocycles. The molecule has 2 N–H and O–H groups in total. The SMILES string of the molecule is CCCNC(=NCC(=O)N(C)C)NCC(C)COCc1ccccc1.I. The number of hydrogen-bond acceptors (Lipinski definition) is 3. The van der Waals surface area contributed by atoms with Gasteiger partial charge in [0.1, 0.15) is 6.54 Å². The summed E-state index contributed by atoms with van der Waals surface area (Å²) in [7, 11) is 3.47. The molecule has 0 aliphatic rings. The van der Waals surface area contributed by atoms with Gasteiger partial charge in [0.15, 0.2) is 5.96 Å². The average Bonchev–Trinajstić information content (AvgIpc) is 2.61. The van der Waals surface area contributed by atoms with Crippen LogP contribution in [0.2, 0.25) is 0 Å². The molecule has 1 aromatic rings. The summed E-state index contributed by atoms with van der Waals surface area (Å²) in [5.74, 6) is 0.991. The third kappa shape index (κ3) is 11.3. The van der Waals surface area contributed by atoms with E-state index in [1.54, 1.807) is 19.0 Å². The predicted molar refractivity (Wildman–Crippen MR) is 118 cm³/mol. The molecule has 1 aromatic carbocycles. The van der Waals surface area contributed by atoms with Gasteiger partial charge in [-0.15, -0.1) is 24.0 Å². The van der Waals surface area contributed by atoms with Gasteiger partial charge in [-0.25, -0.2) is 4.99 Å². The van der Waals surface area contributed by atoms with Crippen molar-refractivity contribution in [3.05, 3.63) is 35.9 Å². The van der Waals surface area contributed by atoms with Crippen molar-refractivity contribution in [3.63, 3.8) is 0 Å². The van der Waals surface area contributed by atoms with Gasteiger partial charge in [0.25, 0.3) is 0 Å². The number of likely N-dealkylation sites (N-methyl/N-ethyl adjacent to an activating group) is 1. The van der Waals surface area contributed by atoms with E-state index < -0.39 is 0 Å². The second-order valence-electron chi connectivity index (χ2n) is 6.37. The minimum atomic E-state index is -0.0168. The molecule has 7 heteroatoms. The molecule has 0 heterocycles. The molecule has 0 fully saturated rings. The van der Waals surface area contributed by atoms with Crippen LogP contribution in [0.5, 0.6) is 0 Å². The summed E-state index contributed by atoms with van der Waals surface area (Å²) in [6.45, 7) is 7.21. The molecular formula is C19H33IN4O2. The first-order valence-electron chi connectivity index (χ1n) is 8.87. The van der Waals surface area contributed by atoms with Crippen LogP contribution >= 0.6 is 24.0 Å². The average molecular weight is 476 g/mol. The summed E-state index contributed by atoms with van der Waals surface area (Å²) >= 11 is 0. The van der Waals surface area contributed by atoms with Gasteiger partial charge < -0.3 is 20.3 Å². The van der Waals surface area contributed by atoms with E-state index >= 15 is 0 Å². The maximum Gasteiger partial charge on any atom is 0.243 e. The van der Waals surface area contributed by atoms with Crippen molar-refractivity contribution >= 4 is 35.8 Å². The molecule has 0 aliphatic carbocycles. The fraction of sp³-hybridized carbons (Fsp3) is 0.579. The zero-order chi connectivity index (χ0) is 18.5. The molecule has 0 spiro atoms. The molecule has 1 amide bonds. The number of nitrogens with zero attached hydrogens (tertiary/aromatic N) is 2. The van der Waals surface area contributed by atoms with Crippen molar-refractivity contribution in [1.29, 1.82) is 0 Å². The lowest BCUT2D eigenvalue weighted by Crippen LogP contribution is -2.41. The van der Waals surface area contributed by atoms with Crippen LogP contribution in [0, 0.1) is 5.92 Å². The van der Waals surface area contributed by atoms with Crippen LogP contribution < -0.4 is 10.6 Å². The standard InChI is InChI=1S/C19H32N4O2.HI/c1-5-11-20-19(22-13-18(24)23(3)4)21-12-16(2)14-25-15-17-9-7-6-8-10-17;/h6-10,16H,5,11-15H2,1-4H3,(H2,20,21,22);1H. The van der Waals surface area contributed by atoms with Gasteiger partial charge in [0, 0.05) is 27.2 Å². The van der Waals surface area contributed by atoms with Gasteiger partial charge in [0.05, 0.1) is 13.2 Å². The number of benzene rings is 1. The number of carbonyl (C=O) groups excluding carboxylic acids is 1. The van der Waals surface area contributed by atoms with E-state index in [4.69, 9.17) is 4.74 Å². The minimum Gasteiger partial charge on any atom is -0.376 e. The second-order valence-corrected chi connectivity index (χ2v) is 6.37. The lowest BCUT2D eigenvalue weighted by atomic mass is 10.2. The van der Waals surface area contributed by atoms with Crippen molar-refractivity contribution in [2.75, 3.05) is 40.3 Å². The Bertz CT molecular complexity index is 524. The van der Waals surface area contributed by atoms with E-state index in [-0.39, 0.29) is 36.4 Å². The van der Waals surface area contributed by atoms with Gasteiger partial charge in [0.2, 0.25) is 5.91 Å². The number of ether oxygens (including phenoxy) is 1. The molecule has 26 heavy (non-hydrogen) atoms. The lowest BCUT2D eigenvalue weighted by molar-refractivity contribution is -0.127. The lowest BCUT2D eigenvalue weighted by Gasteiger charge is -2.17. The summed E-state index contributed by atoms with van der Waals surface area (Å²) in [4.78, 5) is 17.6. The minimum absolute atomic E-state index is 0. The topological polar surface area (TPSA) is 66.0 Å². The Morgan fingerprint density at radius 3 is 2.54 bits per heavy atom. The summed E-state index contributed by atoms with van der Waals surface area (Å²) in [5, 5.41) is 6.51. The Hall–Kier alpha value is -1.35. The van der Waals surface area contributed by atoms with E-state index in [2.05, 4.69) is 41.6 Å². The number of aliphatic imine (C=N–C) groups is 1. The third-order valence-electron chi connectivity index (χ3n) is 3.55. The summed E-state index contributed by atoms with van der Waals surface area (Å²) in [6.07, 6.45) is 0.998. The number of rotatable bonds is 10. The maximum absolute atomic E-state index is 11.7. The highest BCUT2D eigenvalue weighted by Crippen LogP contribution is 2.02. The number of halogens is 1. The van der Waals surface area contributed by atoms with Crippen molar-refractivity contribution in [1.82, 2.24) is 15.5 Å². The molecule has 0 aromatic heterocycles. The fourth-order valence-corrected chi connectivity index (χ4v) is 1.99. The molecule has 1 rings (SSSR count). The Morgan fingerprint density at radius 2 is 1.92 bits per heavy atom. The molecular weight excluding hydrogens is 443 g/mol. The predicted octanol–water partition coefficient (Wildman–Crippen LogP) is 2.49. The van der Waals surface area contributed by atoms with E-state index in [0.29, 0.717) is 25.1 Å². The Morgan fingerprint density at radius 1 is 1.23 bits per heavy atom. The van der Waals surface area contributed by atoms with E-state index in [1.165, 1.54) is 5.56 Å². The molecule has 6 nitrogen and oxygen atoms in total. The highest BCUT2D eigenvalue weighted by atomic mass is 127. The van der Waals surface area contributed by atoms with Gasteiger partial charge in [-0.05, 0) is 17.9 Å². The van der Waals surface area contributed by atoms with Crippen molar-refractivity contribution in [2.24, 2.45) is 10.9 Å². The first-order chi connectivity index (χ1) is 12.0. The quantitative estimate of drug-likeness (QED) is 0.310. The van der Waals surface area contributed by atoms with Crippen LogP contribution in [0.3, 0.4) is 0 Å².